The maximum atomic E-state index is 13.7. The highest BCUT2D eigenvalue weighted by molar-refractivity contribution is 6.31. The number of rotatable bonds is 1. The number of hydrogen-bond donors (Lipinski definition) is 1. The van der Waals surface area contributed by atoms with Crippen LogP contribution in [0.3, 0.4) is 0 Å². The summed E-state index contributed by atoms with van der Waals surface area (Å²) >= 11 is 5.73. The fourth-order valence-corrected chi connectivity index (χ4v) is 2.39. The molecule has 0 aliphatic rings. The van der Waals surface area contributed by atoms with Gasteiger partial charge in [-0.05, 0) is 43.2 Å². The number of halogens is 2. The van der Waals surface area contributed by atoms with Gasteiger partial charge >= 0.3 is 0 Å². The van der Waals surface area contributed by atoms with E-state index in [9.17, 15) is 4.39 Å². The second-order valence-corrected chi connectivity index (χ2v) is 5.27. The Kier molecular flexibility index (Phi) is 2.91. The second-order valence-electron chi connectivity index (χ2n) is 4.86. The number of benzene rings is 2. The smallest absolute Gasteiger partial charge is 0.144 e. The summed E-state index contributed by atoms with van der Waals surface area (Å²) in [4.78, 5) is 4.34. The molecule has 0 saturated heterocycles. The summed E-state index contributed by atoms with van der Waals surface area (Å²) in [6.45, 7) is 4.06. The van der Waals surface area contributed by atoms with E-state index in [1.165, 1.54) is 12.1 Å². The Morgan fingerprint density at radius 1 is 1.15 bits per heavy atom. The standard InChI is InChI=1S/C15H13ClFN3/c1-8-3-13-15(4-9(8)2)20(7-19-13)14-6-11(17)10(16)5-12(14)18/h3-7H,18H2,1-2H3. The highest BCUT2D eigenvalue weighted by Crippen LogP contribution is 2.28. The van der Waals surface area contributed by atoms with Crippen LogP contribution in [0.25, 0.3) is 16.7 Å². The summed E-state index contributed by atoms with van der Waals surface area (Å²) in [6, 6.07) is 6.76. The van der Waals surface area contributed by atoms with Crippen LogP contribution in [-0.4, -0.2) is 9.55 Å². The van der Waals surface area contributed by atoms with Crippen molar-refractivity contribution in [3.63, 3.8) is 0 Å². The first kappa shape index (κ1) is 12.9. The molecule has 0 aliphatic heterocycles. The minimum Gasteiger partial charge on any atom is -0.397 e. The lowest BCUT2D eigenvalue weighted by Gasteiger charge is -2.10. The fourth-order valence-electron chi connectivity index (χ4n) is 2.22. The third-order valence-corrected chi connectivity index (χ3v) is 3.78. The molecule has 1 heterocycles. The third kappa shape index (κ3) is 1.93. The van der Waals surface area contributed by atoms with Crippen molar-refractivity contribution >= 4 is 28.3 Å². The van der Waals surface area contributed by atoms with Crippen LogP contribution in [0.15, 0.2) is 30.6 Å². The Morgan fingerprint density at radius 2 is 1.85 bits per heavy atom. The molecule has 0 radical (unpaired) electrons. The lowest BCUT2D eigenvalue weighted by Crippen LogP contribution is -2.00. The molecular weight excluding hydrogens is 277 g/mol. The van der Waals surface area contributed by atoms with Gasteiger partial charge < -0.3 is 5.73 Å². The van der Waals surface area contributed by atoms with Crippen LogP contribution >= 0.6 is 11.6 Å². The van der Waals surface area contributed by atoms with Gasteiger partial charge in [0.2, 0.25) is 0 Å². The van der Waals surface area contributed by atoms with Gasteiger partial charge in [0, 0.05) is 6.07 Å². The topological polar surface area (TPSA) is 43.8 Å². The number of nitrogens with two attached hydrogens (primary N) is 1. The van der Waals surface area contributed by atoms with Crippen LogP contribution in [0.5, 0.6) is 0 Å². The monoisotopic (exact) mass is 289 g/mol. The quantitative estimate of drug-likeness (QED) is 0.688. The van der Waals surface area contributed by atoms with Crippen molar-refractivity contribution in [1.82, 2.24) is 9.55 Å². The molecule has 20 heavy (non-hydrogen) atoms. The van der Waals surface area contributed by atoms with E-state index >= 15 is 0 Å². The number of aryl methyl sites for hydroxylation is 2. The molecule has 5 heteroatoms. The zero-order chi connectivity index (χ0) is 14.4. The van der Waals surface area contributed by atoms with E-state index in [2.05, 4.69) is 4.98 Å². The molecule has 0 unspecified atom stereocenters. The van der Waals surface area contributed by atoms with E-state index in [4.69, 9.17) is 17.3 Å². The lowest BCUT2D eigenvalue weighted by molar-refractivity contribution is 0.627. The van der Waals surface area contributed by atoms with Crippen LogP contribution in [0.2, 0.25) is 5.02 Å². The van der Waals surface area contributed by atoms with Crippen molar-refractivity contribution in [2.45, 2.75) is 13.8 Å². The van der Waals surface area contributed by atoms with Crippen LogP contribution in [-0.2, 0) is 0 Å². The molecule has 2 N–H and O–H groups in total. The summed E-state index contributed by atoms with van der Waals surface area (Å²) in [5, 5.41) is 0.0164. The Balaban J connectivity index is 2.30. The Labute approximate surface area is 120 Å². The predicted octanol–water partition coefficient (Wildman–Crippen LogP) is 4.02. The SMILES string of the molecule is Cc1cc2ncn(-c3cc(F)c(Cl)cc3N)c2cc1C. The van der Waals surface area contributed by atoms with Crippen molar-refractivity contribution in [1.29, 1.82) is 0 Å². The van der Waals surface area contributed by atoms with E-state index in [0.717, 1.165) is 22.2 Å². The largest absolute Gasteiger partial charge is 0.397 e. The van der Waals surface area contributed by atoms with Gasteiger partial charge in [0.1, 0.15) is 12.1 Å². The van der Waals surface area contributed by atoms with Gasteiger partial charge in [-0.2, -0.15) is 0 Å². The molecular formula is C15H13ClFN3. The average Bonchev–Trinajstić information content (AvgIpc) is 2.77. The van der Waals surface area contributed by atoms with Crippen molar-refractivity contribution in [3.8, 4) is 5.69 Å². The van der Waals surface area contributed by atoms with Gasteiger partial charge in [-0.15, -0.1) is 0 Å². The highest BCUT2D eigenvalue weighted by atomic mass is 35.5. The first-order valence-electron chi connectivity index (χ1n) is 6.16. The van der Waals surface area contributed by atoms with Gasteiger partial charge in [0.25, 0.3) is 0 Å². The average molecular weight is 290 g/mol. The molecule has 102 valence electrons. The normalized spacial score (nSPS) is 11.2. The molecule has 0 bridgehead atoms. The number of anilines is 1. The van der Waals surface area contributed by atoms with Gasteiger partial charge in [-0.3, -0.25) is 4.57 Å². The first-order chi connectivity index (χ1) is 9.47. The first-order valence-corrected chi connectivity index (χ1v) is 6.54. The second kappa shape index (κ2) is 4.49. The van der Waals surface area contributed by atoms with Crippen LogP contribution in [0.1, 0.15) is 11.1 Å². The summed E-state index contributed by atoms with van der Waals surface area (Å²) in [5.74, 6) is -0.499. The maximum Gasteiger partial charge on any atom is 0.144 e. The summed E-state index contributed by atoms with van der Waals surface area (Å²) < 4.78 is 15.4. The highest BCUT2D eigenvalue weighted by Gasteiger charge is 2.12. The lowest BCUT2D eigenvalue weighted by atomic mass is 10.1. The Hall–Kier alpha value is -2.07. The third-order valence-electron chi connectivity index (χ3n) is 3.49. The van der Waals surface area contributed by atoms with Crippen molar-refractivity contribution in [3.05, 3.63) is 52.6 Å². The molecule has 3 rings (SSSR count). The summed E-state index contributed by atoms with van der Waals surface area (Å²) in [6.07, 6.45) is 1.64. The fraction of sp³-hybridized carbons (Fsp3) is 0.133. The van der Waals surface area contributed by atoms with Crippen LogP contribution in [0.4, 0.5) is 10.1 Å². The minimum absolute atomic E-state index is 0.0164. The van der Waals surface area contributed by atoms with Gasteiger partial charge in [0.05, 0.1) is 27.4 Å². The molecule has 0 aliphatic carbocycles. The van der Waals surface area contributed by atoms with E-state index in [1.807, 2.05) is 26.0 Å². The number of nitrogens with zero attached hydrogens (tertiary/aromatic N) is 2. The molecule has 0 saturated carbocycles. The number of fused-ring (bicyclic) bond motifs is 1. The molecule has 0 fully saturated rings. The number of imidazole rings is 1. The summed E-state index contributed by atoms with van der Waals surface area (Å²) in [5.41, 5.74) is 10.9. The molecule has 0 amide bonds. The van der Waals surface area contributed by atoms with Crippen molar-refractivity contribution in [2.75, 3.05) is 5.73 Å². The van der Waals surface area contributed by atoms with Crippen LogP contribution < -0.4 is 5.73 Å². The zero-order valence-corrected chi connectivity index (χ0v) is 11.9. The van der Waals surface area contributed by atoms with E-state index < -0.39 is 5.82 Å². The minimum atomic E-state index is -0.499. The van der Waals surface area contributed by atoms with Crippen LogP contribution in [0, 0.1) is 19.7 Å². The molecule has 3 nitrogen and oxygen atoms in total. The number of aromatic nitrogens is 2. The molecule has 0 spiro atoms. The van der Waals surface area contributed by atoms with Gasteiger partial charge in [-0.25, -0.2) is 9.37 Å². The predicted molar refractivity (Wildman–Crippen MR) is 79.9 cm³/mol. The zero-order valence-electron chi connectivity index (χ0n) is 11.1. The number of nitrogen functional groups attached to an aromatic ring is 1. The van der Waals surface area contributed by atoms with Gasteiger partial charge in [-0.1, -0.05) is 11.6 Å². The van der Waals surface area contributed by atoms with E-state index in [-0.39, 0.29) is 5.02 Å². The van der Waals surface area contributed by atoms with Crippen molar-refractivity contribution in [2.24, 2.45) is 0 Å². The van der Waals surface area contributed by atoms with E-state index in [0.29, 0.717) is 11.4 Å². The van der Waals surface area contributed by atoms with Crippen molar-refractivity contribution < 1.29 is 4.39 Å². The molecule has 0 atom stereocenters. The molecule has 2 aromatic carbocycles. The van der Waals surface area contributed by atoms with E-state index in [1.54, 1.807) is 10.9 Å². The molecule has 1 aromatic heterocycles. The summed E-state index contributed by atoms with van der Waals surface area (Å²) in [7, 11) is 0. The maximum absolute atomic E-state index is 13.7. The Morgan fingerprint density at radius 3 is 2.60 bits per heavy atom. The van der Waals surface area contributed by atoms with Gasteiger partial charge in [0.15, 0.2) is 0 Å². The molecule has 3 aromatic rings. The number of hydrogen-bond acceptors (Lipinski definition) is 2. The Bertz CT molecular complexity index is 824.